The molecule has 0 bridgehead atoms. The van der Waals surface area contributed by atoms with Gasteiger partial charge in [0.25, 0.3) is 5.91 Å². The zero-order valence-electron chi connectivity index (χ0n) is 27.3. The lowest BCUT2D eigenvalue weighted by Crippen LogP contribution is -2.34. The van der Waals surface area contributed by atoms with Gasteiger partial charge in [0.15, 0.2) is 0 Å². The van der Waals surface area contributed by atoms with E-state index in [0.717, 1.165) is 25.0 Å². The molecule has 1 amide bonds. The van der Waals surface area contributed by atoms with E-state index in [9.17, 15) is 14.7 Å². The number of pyridine rings is 2. The fourth-order valence-corrected chi connectivity index (χ4v) is 6.12. The number of rotatable bonds is 10. The highest BCUT2D eigenvalue weighted by molar-refractivity contribution is 5.93. The van der Waals surface area contributed by atoms with Crippen molar-refractivity contribution < 1.29 is 33.0 Å². The minimum Gasteiger partial charge on any atom is -0.478 e. The van der Waals surface area contributed by atoms with Crippen LogP contribution in [0.15, 0.2) is 66.9 Å². The summed E-state index contributed by atoms with van der Waals surface area (Å²) >= 11 is 0. The van der Waals surface area contributed by atoms with E-state index in [4.69, 9.17) is 14.5 Å². The monoisotopic (exact) mass is 667 g/mol. The normalized spacial score (nSPS) is 17.6. The lowest BCUT2D eigenvalue weighted by Gasteiger charge is -2.28. The molecule has 10 nitrogen and oxygen atoms in total. The number of imidazole rings is 1. The Morgan fingerprint density at radius 3 is 2.55 bits per heavy atom. The molecule has 3 aromatic heterocycles. The van der Waals surface area contributed by atoms with E-state index in [-0.39, 0.29) is 64.2 Å². The Hall–Kier alpha value is -5.23. The summed E-state index contributed by atoms with van der Waals surface area (Å²) in [7, 11) is 0. The van der Waals surface area contributed by atoms with Crippen LogP contribution in [-0.4, -0.2) is 55.3 Å². The summed E-state index contributed by atoms with van der Waals surface area (Å²) in [5.41, 5.74) is 2.09. The lowest BCUT2D eigenvalue weighted by atomic mass is 9.87. The molecule has 1 saturated carbocycles. The highest BCUT2D eigenvalue weighted by atomic mass is 19.1. The molecule has 1 saturated heterocycles. The van der Waals surface area contributed by atoms with Crippen LogP contribution in [0.4, 0.5) is 8.78 Å². The van der Waals surface area contributed by atoms with Crippen LogP contribution in [0.1, 0.15) is 77.5 Å². The minimum absolute atomic E-state index is 0.0296. The first kappa shape index (κ1) is 32.3. The molecule has 0 radical (unpaired) electrons. The summed E-state index contributed by atoms with van der Waals surface area (Å²) in [4.78, 5) is 37.5. The number of ether oxygens (including phenoxy) is 2. The molecule has 2 fully saturated rings. The number of fused-ring (bicyclic) bond motifs is 1. The van der Waals surface area contributed by atoms with Crippen LogP contribution in [0.5, 0.6) is 5.88 Å². The first-order valence-corrected chi connectivity index (χ1v) is 16.1. The molecule has 4 heterocycles. The number of carbonyl (C=O) groups excluding carboxylic acids is 1. The van der Waals surface area contributed by atoms with Crippen molar-refractivity contribution in [2.24, 2.45) is 5.41 Å². The zero-order valence-corrected chi connectivity index (χ0v) is 27.3. The first-order chi connectivity index (χ1) is 23.4. The highest BCUT2D eigenvalue weighted by Crippen LogP contribution is 2.41. The van der Waals surface area contributed by atoms with Gasteiger partial charge in [-0.1, -0.05) is 26.0 Å². The topological polar surface area (TPSA) is 128 Å². The third-order valence-corrected chi connectivity index (χ3v) is 9.32. The predicted molar refractivity (Wildman–Crippen MR) is 176 cm³/mol. The largest absolute Gasteiger partial charge is 0.478 e. The van der Waals surface area contributed by atoms with Gasteiger partial charge in [-0.3, -0.25) is 9.78 Å². The number of carboxylic acids is 1. The zero-order chi connectivity index (χ0) is 34.5. The third-order valence-electron chi connectivity index (χ3n) is 9.32. The number of halogens is 2. The maximum absolute atomic E-state index is 15.7. The van der Waals surface area contributed by atoms with E-state index in [1.54, 1.807) is 48.7 Å². The number of hydrogen-bond acceptors (Lipinski definition) is 7. The van der Waals surface area contributed by atoms with Gasteiger partial charge in [0.1, 0.15) is 29.8 Å². The number of benzene rings is 2. The fraction of sp³-hybridized carbons (Fsp3) is 0.324. The number of amides is 1. The Balaban J connectivity index is 1.11. The Labute approximate surface area is 281 Å². The second kappa shape index (κ2) is 12.3. The van der Waals surface area contributed by atoms with Crippen LogP contribution in [0.25, 0.3) is 22.3 Å². The molecule has 2 aromatic carbocycles. The maximum atomic E-state index is 15.7. The number of nitrogens with zero attached hydrogens (tertiary/aromatic N) is 4. The summed E-state index contributed by atoms with van der Waals surface area (Å²) in [6.07, 6.45) is 3.43. The second-order valence-electron chi connectivity index (χ2n) is 13.7. The van der Waals surface area contributed by atoms with Gasteiger partial charge >= 0.3 is 5.97 Å². The van der Waals surface area contributed by atoms with Crippen molar-refractivity contribution in [1.29, 1.82) is 0 Å². The highest BCUT2D eigenvalue weighted by Gasteiger charge is 2.40. The average Bonchev–Trinajstić information content (AvgIpc) is 3.54. The molecule has 5 aromatic rings. The summed E-state index contributed by atoms with van der Waals surface area (Å²) in [6, 6.07) is 14.9. The molecule has 0 unspecified atom stereocenters. The molecule has 0 spiro atoms. The van der Waals surface area contributed by atoms with Crippen molar-refractivity contribution in [3.8, 4) is 17.1 Å². The number of nitrogens with one attached hydrogen (secondary N) is 1. The third kappa shape index (κ3) is 6.60. The Bertz CT molecular complexity index is 2090. The Morgan fingerprint density at radius 1 is 1.04 bits per heavy atom. The lowest BCUT2D eigenvalue weighted by molar-refractivity contribution is 0.0696. The SMILES string of the molecule is CC1(NC(=O)c2ccc(COc3cccc(-c4cc(F)c(Cc5nc6ccc(C(=O)O)cc6n5[C@H]5COCC5(C)C)cc4F)n3)cn2)CC1. The van der Waals surface area contributed by atoms with Gasteiger partial charge in [0.05, 0.1) is 41.5 Å². The molecule has 2 N–H and O–H groups in total. The van der Waals surface area contributed by atoms with Crippen LogP contribution in [0.3, 0.4) is 0 Å². The standard InChI is InChI=1S/C37H35F2N5O5/c1-36(2)20-48-19-31(36)44-30-14-22(35(46)47)8-10-28(30)41-32(44)15-23-13-26(39)24(16-25(23)38)27-5-4-6-33(42-27)49-18-21-7-9-29(40-17-21)34(45)43-37(3)11-12-37/h4-10,13-14,16-17,31H,11-12,15,18-20H2,1-3H3,(H,43,45)(H,46,47)/t31-/m0/s1. The molecule has 7 rings (SSSR count). The van der Waals surface area contributed by atoms with Crippen LogP contribution >= 0.6 is 0 Å². The van der Waals surface area contributed by atoms with Crippen LogP contribution < -0.4 is 10.1 Å². The van der Waals surface area contributed by atoms with Crippen molar-refractivity contribution in [2.75, 3.05) is 13.2 Å². The smallest absolute Gasteiger partial charge is 0.335 e. The molecular weight excluding hydrogens is 632 g/mol. The van der Waals surface area contributed by atoms with E-state index in [1.807, 2.05) is 25.3 Å². The van der Waals surface area contributed by atoms with E-state index < -0.39 is 17.6 Å². The number of carboxylic acid groups (broad SMARTS) is 1. The minimum atomic E-state index is -1.07. The van der Waals surface area contributed by atoms with E-state index in [2.05, 4.69) is 15.3 Å². The molecule has 252 valence electrons. The van der Waals surface area contributed by atoms with E-state index in [0.29, 0.717) is 41.3 Å². The van der Waals surface area contributed by atoms with Gasteiger partial charge in [0, 0.05) is 40.8 Å². The number of aromatic carboxylic acids is 1. The predicted octanol–water partition coefficient (Wildman–Crippen LogP) is 6.52. The first-order valence-electron chi connectivity index (χ1n) is 16.1. The maximum Gasteiger partial charge on any atom is 0.335 e. The van der Waals surface area contributed by atoms with Gasteiger partial charge < -0.3 is 24.5 Å². The van der Waals surface area contributed by atoms with E-state index >= 15 is 8.78 Å². The summed E-state index contributed by atoms with van der Waals surface area (Å²) in [6.45, 7) is 7.06. The molecule has 2 aliphatic rings. The number of hydrogen-bond donors (Lipinski definition) is 2. The van der Waals surface area contributed by atoms with Crippen LogP contribution in [0.2, 0.25) is 0 Å². The fourth-order valence-electron chi connectivity index (χ4n) is 6.12. The summed E-state index contributed by atoms with van der Waals surface area (Å²) < 4.78 is 44.9. The van der Waals surface area contributed by atoms with Gasteiger partial charge in [-0.05, 0) is 67.8 Å². The summed E-state index contributed by atoms with van der Waals surface area (Å²) in [5, 5.41) is 12.6. The van der Waals surface area contributed by atoms with Crippen molar-refractivity contribution in [3.05, 3.63) is 107 Å². The van der Waals surface area contributed by atoms with Gasteiger partial charge in [-0.15, -0.1) is 0 Å². The molecule has 1 atom stereocenters. The van der Waals surface area contributed by atoms with Crippen molar-refractivity contribution in [3.63, 3.8) is 0 Å². The van der Waals surface area contributed by atoms with Gasteiger partial charge in [-0.25, -0.2) is 23.5 Å². The van der Waals surface area contributed by atoms with Crippen LogP contribution in [0, 0.1) is 17.0 Å². The van der Waals surface area contributed by atoms with Gasteiger partial charge in [-0.2, -0.15) is 0 Å². The van der Waals surface area contributed by atoms with Crippen molar-refractivity contribution in [2.45, 2.75) is 58.2 Å². The molecule has 1 aliphatic carbocycles. The second-order valence-corrected chi connectivity index (χ2v) is 13.7. The summed E-state index contributed by atoms with van der Waals surface area (Å²) in [5.74, 6) is -1.91. The molecule has 49 heavy (non-hydrogen) atoms. The molecular formula is C37H35F2N5O5. The molecule has 1 aliphatic heterocycles. The van der Waals surface area contributed by atoms with Crippen molar-refractivity contribution >= 4 is 22.9 Å². The van der Waals surface area contributed by atoms with Crippen LogP contribution in [-0.2, 0) is 17.8 Å². The average molecular weight is 668 g/mol. The Morgan fingerprint density at radius 2 is 1.86 bits per heavy atom. The van der Waals surface area contributed by atoms with E-state index in [1.165, 1.54) is 6.07 Å². The number of carbonyl (C=O) groups is 2. The quantitative estimate of drug-likeness (QED) is 0.172. The number of aromatic nitrogens is 4. The van der Waals surface area contributed by atoms with Gasteiger partial charge in [0.2, 0.25) is 5.88 Å². The van der Waals surface area contributed by atoms with Crippen molar-refractivity contribution in [1.82, 2.24) is 24.8 Å². The Kier molecular flexibility index (Phi) is 8.14. The molecule has 12 heteroatoms.